The van der Waals surface area contributed by atoms with Crippen molar-refractivity contribution >= 4 is 71.2 Å². The Morgan fingerprint density at radius 1 is 0.256 bits per heavy atom. The van der Waals surface area contributed by atoms with Gasteiger partial charge in [0.1, 0.15) is 40.3 Å². The number of ether oxygens (including phenoxy) is 11. The lowest BCUT2D eigenvalue weighted by atomic mass is 10.1. The van der Waals surface area contributed by atoms with Crippen molar-refractivity contribution in [1.29, 1.82) is 0 Å². The molecule has 0 spiro atoms. The van der Waals surface area contributed by atoms with E-state index in [4.69, 9.17) is 52.1 Å². The van der Waals surface area contributed by atoms with Crippen LogP contribution >= 0.6 is 0 Å². The largest absolute Gasteiger partial charge is 0.508 e. The van der Waals surface area contributed by atoms with E-state index in [1.807, 2.05) is 12.1 Å². The van der Waals surface area contributed by atoms with Crippen LogP contribution in [0.5, 0.6) is 109 Å². The topological polar surface area (TPSA) is 366 Å². The number of hydrogen-bond acceptors (Lipinski definition) is 25. The number of carbonyl (C=O) groups is 6. The lowest BCUT2D eigenvalue weighted by Crippen LogP contribution is -1.98. The average Bonchev–Trinajstić information content (AvgIpc) is 1.64. The first kappa shape index (κ1) is 82.2. The third-order valence-electron chi connectivity index (χ3n) is 18.5. The summed E-state index contributed by atoms with van der Waals surface area (Å²) in [6.07, 6.45) is 9.13. The Hall–Kier alpha value is -16.8. The van der Waals surface area contributed by atoms with E-state index in [2.05, 4.69) is 0 Å². The molecule has 0 unspecified atom stereocenters. The number of phenolic OH excluding ortho intramolecular Hbond substituents is 8. The zero-order valence-corrected chi connectivity index (χ0v) is 64.5. The van der Waals surface area contributed by atoms with Crippen LogP contribution in [0.15, 0.2) is 277 Å². The van der Waals surface area contributed by atoms with Crippen molar-refractivity contribution in [3.05, 3.63) is 350 Å². The summed E-state index contributed by atoms with van der Waals surface area (Å²) in [4.78, 5) is 72.8. The van der Waals surface area contributed by atoms with E-state index in [0.29, 0.717) is 113 Å². The molecular weight excluding hydrogens is 1560 g/mol. The number of aromatic hydroxyl groups is 8. The highest BCUT2D eigenvalue weighted by atomic mass is 19.1. The number of Topliss-reactive ketones (excluding diaryl/α,β-unsaturated/α-hetero) is 6. The molecule has 0 radical (unpaired) electrons. The summed E-state index contributed by atoms with van der Waals surface area (Å²) in [6.45, 7) is 0. The summed E-state index contributed by atoms with van der Waals surface area (Å²) >= 11 is 0. The van der Waals surface area contributed by atoms with Gasteiger partial charge >= 0.3 is 0 Å². The van der Waals surface area contributed by atoms with Crippen molar-refractivity contribution < 1.29 is 126 Å². The lowest BCUT2D eigenvalue weighted by Gasteiger charge is -2.06. The molecule has 0 saturated carbocycles. The molecule has 6 aliphatic rings. The molecule has 0 amide bonds. The third-order valence-corrected chi connectivity index (χ3v) is 18.5. The molecule has 6 heterocycles. The fourth-order valence-corrected chi connectivity index (χ4v) is 12.4. The number of methoxy groups -OCH3 is 5. The first-order chi connectivity index (χ1) is 58.4. The highest BCUT2D eigenvalue weighted by molar-refractivity contribution is 6.18. The van der Waals surface area contributed by atoms with E-state index in [1.165, 1.54) is 121 Å². The van der Waals surface area contributed by atoms with Gasteiger partial charge in [0.25, 0.3) is 0 Å². The SMILES string of the molecule is COc1cc(/C=C2\Oc3ccccc3C2=O)ccc1O.COc1ccc(/C=C2\Oc3c(ccc(O)c3O)C2=O)cc1O.COc1ccc(/C=C2\Oc3cc(O)ccc3C2=O)cc1O.COc1ccc(/C=C2\Oc3ccccc3C2=O)cc1O.COc1cccc(/C=C2\Oc3ccccc3C2=O)c1O.O=C1/C(=C/c2ccccc2F)Oc2ccccc21. The van der Waals surface area contributed by atoms with E-state index in [-0.39, 0.29) is 121 Å². The summed E-state index contributed by atoms with van der Waals surface area (Å²) in [7, 11) is 7.31. The van der Waals surface area contributed by atoms with Gasteiger partial charge in [-0.2, -0.15) is 0 Å². The number of benzene rings is 12. The van der Waals surface area contributed by atoms with Gasteiger partial charge in [0.05, 0.1) is 68.9 Å². The van der Waals surface area contributed by atoms with Crippen LogP contribution < -0.4 is 52.1 Å². The Labute approximate surface area is 688 Å². The predicted molar refractivity (Wildman–Crippen MR) is 441 cm³/mol. The highest BCUT2D eigenvalue weighted by Gasteiger charge is 2.34. The van der Waals surface area contributed by atoms with Crippen LogP contribution in [0.2, 0.25) is 0 Å². The van der Waals surface area contributed by atoms with Crippen LogP contribution in [0.1, 0.15) is 95.5 Å². The summed E-state index contributed by atoms with van der Waals surface area (Å²) in [6, 6.07) is 65.6. The van der Waals surface area contributed by atoms with Gasteiger partial charge in [-0.3, -0.25) is 28.8 Å². The molecule has 0 fully saturated rings. The number of hydrogen-bond donors (Lipinski definition) is 8. The zero-order chi connectivity index (χ0) is 85.7. The maximum Gasteiger partial charge on any atom is 0.232 e. The van der Waals surface area contributed by atoms with Gasteiger partial charge in [-0.05, 0) is 192 Å². The summed E-state index contributed by atoms with van der Waals surface area (Å²) < 4.78 is 71.2. The van der Waals surface area contributed by atoms with E-state index in [1.54, 1.807) is 182 Å². The summed E-state index contributed by atoms with van der Waals surface area (Å²) in [5.74, 6) is 2.53. The smallest absolute Gasteiger partial charge is 0.232 e. The number of ketones is 6. The fraction of sp³-hybridized carbons (Fsp3) is 0.0526. The molecule has 12 aromatic carbocycles. The molecule has 0 atom stereocenters. The molecule has 26 heteroatoms. The normalized spacial score (nSPS) is 15.1. The quantitative estimate of drug-likeness (QED) is 0.0440. The highest BCUT2D eigenvalue weighted by Crippen LogP contribution is 2.46. The number of para-hydroxylation sites is 5. The molecule has 8 N–H and O–H groups in total. The van der Waals surface area contributed by atoms with Crippen LogP contribution in [0.3, 0.4) is 0 Å². The van der Waals surface area contributed by atoms with E-state index in [0.717, 1.165) is 5.56 Å². The minimum atomic E-state index is -0.480. The molecule has 25 nitrogen and oxygen atoms in total. The van der Waals surface area contributed by atoms with Gasteiger partial charge in [-0.15, -0.1) is 0 Å². The second-order valence-corrected chi connectivity index (χ2v) is 26.3. The first-order valence-corrected chi connectivity index (χ1v) is 36.4. The Morgan fingerprint density at radius 3 is 1.00 bits per heavy atom. The Bertz CT molecular complexity index is 6340. The molecule has 6 aliphatic heterocycles. The van der Waals surface area contributed by atoms with E-state index in [9.17, 15) is 74.0 Å². The average molecular weight is 1630 g/mol. The Kier molecular flexibility index (Phi) is 24.7. The van der Waals surface area contributed by atoms with E-state index >= 15 is 0 Å². The summed E-state index contributed by atoms with van der Waals surface area (Å²) in [5.41, 5.74) is 6.05. The van der Waals surface area contributed by atoms with Crippen molar-refractivity contribution in [2.24, 2.45) is 0 Å². The predicted octanol–water partition coefficient (Wildman–Crippen LogP) is 17.6. The molecule has 0 aromatic heterocycles. The summed E-state index contributed by atoms with van der Waals surface area (Å²) in [5, 5.41) is 77.3. The maximum atomic E-state index is 13.5. The third kappa shape index (κ3) is 18.3. The monoisotopic (exact) mass is 1630 g/mol. The zero-order valence-electron chi connectivity index (χ0n) is 64.5. The van der Waals surface area contributed by atoms with Crippen molar-refractivity contribution in [2.45, 2.75) is 0 Å². The maximum absolute atomic E-state index is 13.5. The van der Waals surface area contributed by atoms with Crippen LogP contribution in [-0.2, 0) is 0 Å². The van der Waals surface area contributed by atoms with Gasteiger partial charge in [0, 0.05) is 17.2 Å². The van der Waals surface area contributed by atoms with Crippen molar-refractivity contribution in [3.63, 3.8) is 0 Å². The second-order valence-electron chi connectivity index (χ2n) is 26.3. The number of phenols is 8. The van der Waals surface area contributed by atoms with Crippen molar-refractivity contribution in [2.75, 3.05) is 35.5 Å². The Morgan fingerprint density at radius 2 is 0.587 bits per heavy atom. The van der Waals surface area contributed by atoms with Crippen molar-refractivity contribution in [3.8, 4) is 109 Å². The van der Waals surface area contributed by atoms with Gasteiger partial charge in [0.2, 0.25) is 40.4 Å². The molecule has 18 rings (SSSR count). The number of halogens is 1. The molecule has 121 heavy (non-hydrogen) atoms. The second kappa shape index (κ2) is 36.4. The molecule has 0 aliphatic carbocycles. The van der Waals surface area contributed by atoms with E-state index < -0.39 is 11.5 Å². The van der Waals surface area contributed by atoms with Crippen LogP contribution in [0.25, 0.3) is 36.5 Å². The first-order valence-electron chi connectivity index (χ1n) is 36.4. The Balaban J connectivity index is 0.000000125. The number of fused-ring (bicyclic) bond motifs is 6. The van der Waals surface area contributed by atoms with Gasteiger partial charge in [0.15, 0.2) is 104 Å². The molecule has 12 aromatic rings. The van der Waals surface area contributed by atoms with Gasteiger partial charge in [-0.25, -0.2) is 4.39 Å². The van der Waals surface area contributed by atoms with Crippen LogP contribution in [0, 0.1) is 5.82 Å². The molecular formula is C95H69FO25. The van der Waals surface area contributed by atoms with Crippen molar-refractivity contribution in [1.82, 2.24) is 0 Å². The molecule has 0 saturated heterocycles. The molecule has 0 bridgehead atoms. The lowest BCUT2D eigenvalue weighted by molar-refractivity contribution is 0.101. The van der Waals surface area contributed by atoms with Gasteiger partial charge < -0.3 is 93.0 Å². The number of rotatable bonds is 11. The van der Waals surface area contributed by atoms with Crippen LogP contribution in [-0.4, -0.2) is 111 Å². The minimum absolute atomic E-state index is 0.0135. The minimum Gasteiger partial charge on any atom is -0.508 e. The van der Waals surface area contributed by atoms with Gasteiger partial charge in [-0.1, -0.05) is 103 Å². The fourth-order valence-electron chi connectivity index (χ4n) is 12.4. The number of allylic oxidation sites excluding steroid dienone is 6. The standard InChI is InChI=1S/C16H12O6.C16H12O5.3C16H12O4.C15H9FO2/c1-21-12-5-2-8(6-11(12)18)7-13-14(19)9-3-4-10(17)15(20)16(9)22-13;1-20-13-5-2-9(6-12(13)18)7-15-16(19)11-4-3-10(17)8-14(11)21-15;1-19-13-8-4-5-10(15(13)17)9-14-16(18)11-6-2-3-7-12(11)20-14;1-19-14-7-6-10(8-12(14)17)9-15-16(18)11-4-2-3-5-13(11)20-15;1-19-14-8-10(6-7-12(14)17)9-15-16(18)11-4-2-3-5-13(11)20-15;16-12-7-3-1-5-10(12)9-14-15(17)11-6-2-4-8-13(11)18-14/h2-7,17-18,20H,1H3;2-8,17-18H,1H3;3*2-9,17H,1H3;1-9H/b13-7-;15-7-;14-9-;2*15-9-;14-9-. The molecule has 606 valence electrons. The van der Waals surface area contributed by atoms with Crippen LogP contribution in [0.4, 0.5) is 4.39 Å². The number of carbonyl (C=O) groups excluding carboxylic acids is 6.